The molecule has 2 N–H and O–H groups in total. The zero-order chi connectivity index (χ0) is 15.8. The number of thiazole rings is 1. The van der Waals surface area contributed by atoms with E-state index >= 15 is 0 Å². The molecule has 0 radical (unpaired) electrons. The number of hydrogen-bond acceptors (Lipinski definition) is 4. The highest BCUT2D eigenvalue weighted by Crippen LogP contribution is 2.13. The molecule has 0 saturated heterocycles. The molecule has 2 rings (SSSR count). The van der Waals surface area contributed by atoms with E-state index in [0.717, 1.165) is 28.7 Å². The van der Waals surface area contributed by atoms with Crippen molar-refractivity contribution < 1.29 is 4.74 Å². The van der Waals surface area contributed by atoms with Gasteiger partial charge in [0.1, 0.15) is 10.8 Å². The van der Waals surface area contributed by atoms with Crippen LogP contribution >= 0.6 is 11.3 Å². The summed E-state index contributed by atoms with van der Waals surface area (Å²) in [7, 11) is 3.44. The number of guanidine groups is 1. The average Bonchev–Trinajstić information content (AvgIpc) is 3.03. The van der Waals surface area contributed by atoms with Crippen molar-refractivity contribution in [1.82, 2.24) is 15.6 Å². The molecule has 5 nitrogen and oxygen atoms in total. The smallest absolute Gasteiger partial charge is 0.191 e. The van der Waals surface area contributed by atoms with Crippen LogP contribution in [0, 0.1) is 0 Å². The maximum absolute atomic E-state index is 5.23. The van der Waals surface area contributed by atoms with Gasteiger partial charge < -0.3 is 15.4 Å². The van der Waals surface area contributed by atoms with E-state index in [1.54, 1.807) is 25.5 Å². The number of ether oxygens (including phenoxy) is 1. The van der Waals surface area contributed by atoms with E-state index in [0.29, 0.717) is 13.1 Å². The van der Waals surface area contributed by atoms with Gasteiger partial charge >= 0.3 is 0 Å². The molecule has 0 aliphatic heterocycles. The highest BCUT2D eigenvalue weighted by atomic mass is 32.1. The Balaban J connectivity index is 1.84. The van der Waals surface area contributed by atoms with E-state index in [2.05, 4.69) is 33.6 Å². The lowest BCUT2D eigenvalue weighted by Crippen LogP contribution is -2.36. The van der Waals surface area contributed by atoms with E-state index in [9.17, 15) is 0 Å². The molecule has 0 fully saturated rings. The maximum atomic E-state index is 5.23. The molecule has 0 saturated carbocycles. The highest BCUT2D eigenvalue weighted by Gasteiger charge is 2.03. The fourth-order valence-corrected chi connectivity index (χ4v) is 2.74. The zero-order valence-electron chi connectivity index (χ0n) is 13.2. The topological polar surface area (TPSA) is 58.5 Å². The lowest BCUT2D eigenvalue weighted by molar-refractivity contribution is 0.414. The lowest BCUT2D eigenvalue weighted by atomic mass is 10.2. The second kappa shape index (κ2) is 8.38. The summed E-state index contributed by atoms with van der Waals surface area (Å²) in [5.74, 6) is 1.62. The number of rotatable bonds is 6. The molecule has 0 atom stereocenters. The molecule has 0 unspecified atom stereocenters. The fraction of sp³-hybridized carbons (Fsp3) is 0.375. The molecular formula is C16H22N4OS. The predicted molar refractivity (Wildman–Crippen MR) is 91.5 cm³/mol. The van der Waals surface area contributed by atoms with Gasteiger partial charge in [-0.1, -0.05) is 19.1 Å². The first-order chi connectivity index (χ1) is 10.7. The molecule has 6 heteroatoms. The third-order valence-electron chi connectivity index (χ3n) is 3.17. The number of aromatic nitrogens is 1. The van der Waals surface area contributed by atoms with Crippen LogP contribution in [0.1, 0.15) is 22.4 Å². The van der Waals surface area contributed by atoms with Crippen LogP contribution in [0.25, 0.3) is 0 Å². The van der Waals surface area contributed by atoms with Crippen molar-refractivity contribution >= 4 is 17.3 Å². The van der Waals surface area contributed by atoms with Crippen LogP contribution in [-0.2, 0) is 19.5 Å². The Morgan fingerprint density at radius 2 is 2.14 bits per heavy atom. The molecule has 0 aliphatic carbocycles. The molecule has 1 aromatic carbocycles. The summed E-state index contributed by atoms with van der Waals surface area (Å²) in [5, 5.41) is 7.64. The first kappa shape index (κ1) is 16.3. The number of aliphatic imine (C=N–C) groups is 1. The quantitative estimate of drug-likeness (QED) is 0.635. The normalized spacial score (nSPS) is 11.3. The van der Waals surface area contributed by atoms with E-state index < -0.39 is 0 Å². The summed E-state index contributed by atoms with van der Waals surface area (Å²) in [4.78, 5) is 9.92. The fourth-order valence-electron chi connectivity index (χ4n) is 1.94. The van der Waals surface area contributed by atoms with Crippen molar-refractivity contribution in [3.63, 3.8) is 0 Å². The minimum absolute atomic E-state index is 0.683. The van der Waals surface area contributed by atoms with Gasteiger partial charge in [0.15, 0.2) is 5.96 Å². The Bertz CT molecular complexity index is 624. The minimum Gasteiger partial charge on any atom is -0.497 e. The zero-order valence-corrected chi connectivity index (χ0v) is 14.0. The van der Waals surface area contributed by atoms with Crippen LogP contribution in [0.2, 0.25) is 0 Å². The van der Waals surface area contributed by atoms with E-state index in [1.165, 1.54) is 4.88 Å². The van der Waals surface area contributed by atoms with Gasteiger partial charge in [-0.15, -0.1) is 11.3 Å². The molecule has 1 aromatic heterocycles. The van der Waals surface area contributed by atoms with Crippen molar-refractivity contribution in [2.24, 2.45) is 4.99 Å². The number of nitrogens with zero attached hydrogens (tertiary/aromatic N) is 2. The van der Waals surface area contributed by atoms with Gasteiger partial charge in [0.05, 0.1) is 13.7 Å². The SMILES string of the molecule is CCc1cnc(CNC(=NC)NCc2cccc(OC)c2)s1. The molecule has 118 valence electrons. The number of nitrogens with one attached hydrogen (secondary N) is 2. The van der Waals surface area contributed by atoms with Crippen molar-refractivity contribution in [1.29, 1.82) is 0 Å². The second-order valence-corrected chi connectivity index (χ2v) is 5.90. The van der Waals surface area contributed by atoms with Crippen LogP contribution in [0.3, 0.4) is 0 Å². The van der Waals surface area contributed by atoms with E-state index in [-0.39, 0.29) is 0 Å². The van der Waals surface area contributed by atoms with Crippen molar-refractivity contribution in [3.05, 3.63) is 45.9 Å². The predicted octanol–water partition coefficient (Wildman–Crippen LogP) is 2.58. The van der Waals surface area contributed by atoms with Crippen LogP contribution < -0.4 is 15.4 Å². The first-order valence-electron chi connectivity index (χ1n) is 7.26. The molecule has 2 aromatic rings. The van der Waals surface area contributed by atoms with Gasteiger partial charge in [0, 0.05) is 24.7 Å². The lowest BCUT2D eigenvalue weighted by Gasteiger charge is -2.11. The monoisotopic (exact) mass is 318 g/mol. The van der Waals surface area contributed by atoms with Gasteiger partial charge in [0.2, 0.25) is 0 Å². The van der Waals surface area contributed by atoms with Crippen molar-refractivity contribution in [3.8, 4) is 5.75 Å². The maximum Gasteiger partial charge on any atom is 0.191 e. The Morgan fingerprint density at radius 3 is 2.82 bits per heavy atom. The Hall–Kier alpha value is -2.08. The third kappa shape index (κ3) is 4.73. The average molecular weight is 318 g/mol. The van der Waals surface area contributed by atoms with Gasteiger partial charge in [-0.05, 0) is 24.1 Å². The second-order valence-electron chi connectivity index (χ2n) is 4.70. The van der Waals surface area contributed by atoms with E-state index in [4.69, 9.17) is 4.74 Å². The number of methoxy groups -OCH3 is 1. The molecule has 22 heavy (non-hydrogen) atoms. The van der Waals surface area contributed by atoms with Gasteiger partial charge in [-0.2, -0.15) is 0 Å². The molecule has 1 heterocycles. The summed E-state index contributed by atoms with van der Waals surface area (Å²) >= 11 is 1.73. The Morgan fingerprint density at radius 1 is 1.32 bits per heavy atom. The first-order valence-corrected chi connectivity index (χ1v) is 8.07. The molecule has 0 bridgehead atoms. The Kier molecular flexibility index (Phi) is 6.21. The van der Waals surface area contributed by atoms with Crippen molar-refractivity contribution in [2.45, 2.75) is 26.4 Å². The van der Waals surface area contributed by atoms with Crippen LogP contribution in [0.15, 0.2) is 35.5 Å². The summed E-state index contributed by atoms with van der Waals surface area (Å²) in [6, 6.07) is 7.98. The van der Waals surface area contributed by atoms with Gasteiger partial charge in [-0.25, -0.2) is 4.98 Å². The van der Waals surface area contributed by atoms with Crippen LogP contribution in [-0.4, -0.2) is 25.1 Å². The highest BCUT2D eigenvalue weighted by molar-refractivity contribution is 7.11. The van der Waals surface area contributed by atoms with Gasteiger partial charge in [0.25, 0.3) is 0 Å². The summed E-state index contributed by atoms with van der Waals surface area (Å²) in [6.07, 6.45) is 2.97. The number of hydrogen-bond donors (Lipinski definition) is 2. The minimum atomic E-state index is 0.683. The standard InChI is InChI=1S/C16H22N4OS/c1-4-14-10-18-15(22-14)11-20-16(17-2)19-9-12-6-5-7-13(8-12)21-3/h5-8,10H,4,9,11H2,1-3H3,(H2,17,19,20). The molecule has 0 aliphatic rings. The number of benzene rings is 1. The number of aryl methyl sites for hydroxylation is 1. The summed E-state index contributed by atoms with van der Waals surface area (Å²) in [5.41, 5.74) is 1.14. The molecule has 0 amide bonds. The van der Waals surface area contributed by atoms with Crippen LogP contribution in [0.5, 0.6) is 5.75 Å². The van der Waals surface area contributed by atoms with Crippen molar-refractivity contribution in [2.75, 3.05) is 14.2 Å². The largest absolute Gasteiger partial charge is 0.497 e. The van der Waals surface area contributed by atoms with Crippen LogP contribution in [0.4, 0.5) is 0 Å². The summed E-state index contributed by atoms with van der Waals surface area (Å²) in [6.45, 7) is 3.51. The van der Waals surface area contributed by atoms with Gasteiger partial charge in [-0.3, -0.25) is 4.99 Å². The summed E-state index contributed by atoms with van der Waals surface area (Å²) < 4.78 is 5.23. The molecule has 0 spiro atoms. The Labute approximate surface area is 135 Å². The molecular weight excluding hydrogens is 296 g/mol. The van der Waals surface area contributed by atoms with E-state index in [1.807, 2.05) is 24.4 Å². The third-order valence-corrected chi connectivity index (χ3v) is 4.32.